The Kier molecular flexibility index (Phi) is 9.46. The van der Waals surface area contributed by atoms with Crippen LogP contribution in [0.1, 0.15) is 76.2 Å². The summed E-state index contributed by atoms with van der Waals surface area (Å²) >= 11 is 3.47. The maximum Gasteiger partial charge on any atom is 0.326 e. The van der Waals surface area contributed by atoms with Gasteiger partial charge in [0.25, 0.3) is 5.91 Å². The van der Waals surface area contributed by atoms with Gasteiger partial charge in [-0.2, -0.15) is 0 Å². The van der Waals surface area contributed by atoms with E-state index in [9.17, 15) is 24.3 Å². The fraction of sp³-hybridized carbons (Fsp3) is 0.704. The number of carboxylic acids is 1. The average molecular weight is 578 g/mol. The lowest BCUT2D eigenvalue weighted by Gasteiger charge is -2.37. The molecule has 3 atom stereocenters. The standard InChI is InChI=1S/C27H39N5O5S2/c1-26(2,3)21(24(35)32-16-27(14-19(32)25(36)37)38-12-7-13-39-27)31-23(34)20(17-8-5-4-6-9-17)30-22(33)18-15-28-10-11-29-18/h10-11,15,17,19-21H,4-9,12-14,16H2,1-3H3,(H,30,33)(H,31,34)(H,36,37)/t19-,20-,21+/m0/s1. The Bertz CT molecular complexity index is 1050. The molecule has 0 radical (unpaired) electrons. The molecule has 3 amide bonds. The fourth-order valence-electron chi connectivity index (χ4n) is 5.66. The summed E-state index contributed by atoms with van der Waals surface area (Å²) in [4.78, 5) is 62.6. The number of aromatic nitrogens is 2. The predicted molar refractivity (Wildman–Crippen MR) is 151 cm³/mol. The molecule has 3 heterocycles. The minimum absolute atomic E-state index is 0.0769. The van der Waals surface area contributed by atoms with Crippen molar-refractivity contribution in [2.45, 2.75) is 87.9 Å². The van der Waals surface area contributed by atoms with Gasteiger partial charge < -0.3 is 20.6 Å². The first kappa shape index (κ1) is 29.6. The molecule has 0 aromatic carbocycles. The summed E-state index contributed by atoms with van der Waals surface area (Å²) in [6, 6.07) is -2.75. The summed E-state index contributed by atoms with van der Waals surface area (Å²) in [6.45, 7) is 5.90. The van der Waals surface area contributed by atoms with Gasteiger partial charge in [0.1, 0.15) is 23.8 Å². The number of amides is 3. The van der Waals surface area contributed by atoms with Crippen LogP contribution in [-0.2, 0) is 14.4 Å². The summed E-state index contributed by atoms with van der Waals surface area (Å²) in [6.07, 6.45) is 10.3. The fourth-order valence-corrected chi connectivity index (χ4v) is 9.01. The first-order chi connectivity index (χ1) is 18.5. The number of hydrogen-bond donors (Lipinski definition) is 3. The molecular weight excluding hydrogens is 538 g/mol. The number of carboxylic acid groups (broad SMARTS) is 1. The van der Waals surface area contributed by atoms with Gasteiger partial charge in [0.2, 0.25) is 11.8 Å². The topological polar surface area (TPSA) is 142 Å². The molecule has 1 saturated carbocycles. The zero-order chi connectivity index (χ0) is 28.2. The van der Waals surface area contributed by atoms with Crippen molar-refractivity contribution in [2.75, 3.05) is 18.1 Å². The molecule has 4 rings (SSSR count). The van der Waals surface area contributed by atoms with Gasteiger partial charge >= 0.3 is 5.97 Å². The van der Waals surface area contributed by atoms with Gasteiger partial charge in [-0.15, -0.1) is 23.5 Å². The molecule has 1 aromatic heterocycles. The van der Waals surface area contributed by atoms with E-state index < -0.39 is 47.2 Å². The van der Waals surface area contributed by atoms with Crippen LogP contribution in [0.25, 0.3) is 0 Å². The van der Waals surface area contributed by atoms with Gasteiger partial charge in [0.05, 0.1) is 10.3 Å². The molecule has 0 unspecified atom stereocenters. The number of nitrogens with zero attached hydrogens (tertiary/aromatic N) is 3. The van der Waals surface area contributed by atoms with Gasteiger partial charge in [-0.05, 0) is 42.1 Å². The molecule has 12 heteroatoms. The van der Waals surface area contributed by atoms with Crippen molar-refractivity contribution < 1.29 is 24.3 Å². The van der Waals surface area contributed by atoms with Gasteiger partial charge in [0, 0.05) is 25.4 Å². The Balaban J connectivity index is 1.56. The second kappa shape index (κ2) is 12.4. The van der Waals surface area contributed by atoms with Crippen molar-refractivity contribution in [2.24, 2.45) is 11.3 Å². The molecule has 2 saturated heterocycles. The van der Waals surface area contributed by atoms with Gasteiger partial charge in [-0.3, -0.25) is 19.4 Å². The quantitative estimate of drug-likeness (QED) is 0.446. The highest BCUT2D eigenvalue weighted by atomic mass is 32.2. The minimum atomic E-state index is -1.03. The minimum Gasteiger partial charge on any atom is -0.480 e. The van der Waals surface area contributed by atoms with Crippen LogP contribution in [0.3, 0.4) is 0 Å². The third kappa shape index (κ3) is 7.06. The SMILES string of the molecule is CC(C)(C)[C@H](NC(=O)[C@@H](NC(=O)c1cnccn1)C1CCCCC1)C(=O)N1CC2(C[C@H]1C(=O)O)SCCCS2. The van der Waals surface area contributed by atoms with E-state index in [1.54, 1.807) is 23.5 Å². The molecule has 3 fully saturated rings. The van der Waals surface area contributed by atoms with E-state index in [1.165, 1.54) is 23.5 Å². The van der Waals surface area contributed by atoms with Crippen molar-refractivity contribution in [1.29, 1.82) is 0 Å². The van der Waals surface area contributed by atoms with Crippen LogP contribution in [0, 0.1) is 11.3 Å². The van der Waals surface area contributed by atoms with E-state index in [0.29, 0.717) is 13.0 Å². The monoisotopic (exact) mass is 577 g/mol. The van der Waals surface area contributed by atoms with E-state index in [4.69, 9.17) is 0 Å². The van der Waals surface area contributed by atoms with E-state index in [2.05, 4.69) is 20.6 Å². The average Bonchev–Trinajstić information content (AvgIpc) is 3.29. The van der Waals surface area contributed by atoms with Crippen LogP contribution in [0.5, 0.6) is 0 Å². The predicted octanol–water partition coefficient (Wildman–Crippen LogP) is 2.94. The summed E-state index contributed by atoms with van der Waals surface area (Å²) in [5.41, 5.74) is -0.576. The van der Waals surface area contributed by atoms with Crippen LogP contribution < -0.4 is 10.6 Å². The van der Waals surface area contributed by atoms with Gasteiger partial charge in [0.15, 0.2) is 0 Å². The Morgan fingerprint density at radius 3 is 2.33 bits per heavy atom. The Morgan fingerprint density at radius 2 is 1.74 bits per heavy atom. The Labute approximate surface area is 238 Å². The van der Waals surface area contributed by atoms with E-state index in [0.717, 1.165) is 50.0 Å². The third-order valence-electron chi connectivity index (χ3n) is 7.76. The maximum absolute atomic E-state index is 14.0. The van der Waals surface area contributed by atoms with E-state index in [1.807, 2.05) is 20.8 Å². The van der Waals surface area contributed by atoms with Crippen molar-refractivity contribution in [1.82, 2.24) is 25.5 Å². The lowest BCUT2D eigenvalue weighted by Crippen LogP contribution is -2.61. The van der Waals surface area contributed by atoms with Crippen molar-refractivity contribution >= 4 is 47.2 Å². The molecule has 1 aromatic rings. The normalized spacial score (nSPS) is 23.2. The Hall–Kier alpha value is -2.34. The van der Waals surface area contributed by atoms with Gasteiger partial charge in [-0.1, -0.05) is 40.0 Å². The van der Waals surface area contributed by atoms with Crippen molar-refractivity contribution in [3.63, 3.8) is 0 Å². The van der Waals surface area contributed by atoms with Crippen LogP contribution in [0.2, 0.25) is 0 Å². The molecule has 0 bridgehead atoms. The third-order valence-corrected chi connectivity index (χ3v) is 11.1. The molecule has 3 aliphatic rings. The highest BCUT2D eigenvalue weighted by molar-refractivity contribution is 8.18. The van der Waals surface area contributed by atoms with Crippen LogP contribution in [0.15, 0.2) is 18.6 Å². The zero-order valence-electron chi connectivity index (χ0n) is 22.9. The highest BCUT2D eigenvalue weighted by Gasteiger charge is 2.52. The molecular formula is C27H39N5O5S2. The lowest BCUT2D eigenvalue weighted by atomic mass is 9.82. The number of hydrogen-bond acceptors (Lipinski definition) is 8. The molecule has 2 aliphatic heterocycles. The molecule has 3 N–H and O–H groups in total. The largest absolute Gasteiger partial charge is 0.480 e. The smallest absolute Gasteiger partial charge is 0.326 e. The lowest BCUT2D eigenvalue weighted by molar-refractivity contribution is -0.150. The van der Waals surface area contributed by atoms with Gasteiger partial charge in [-0.25, -0.2) is 9.78 Å². The van der Waals surface area contributed by atoms with E-state index in [-0.39, 0.29) is 15.7 Å². The first-order valence-corrected chi connectivity index (χ1v) is 15.7. The highest BCUT2D eigenvalue weighted by Crippen LogP contribution is 2.50. The number of thioether (sulfide) groups is 2. The number of rotatable bonds is 7. The summed E-state index contributed by atoms with van der Waals surface area (Å²) in [5, 5.41) is 15.8. The van der Waals surface area contributed by atoms with Crippen molar-refractivity contribution in [3.8, 4) is 0 Å². The number of aliphatic carboxylic acids is 1. The number of carbonyl (C=O) groups excluding carboxylic acids is 3. The van der Waals surface area contributed by atoms with Crippen LogP contribution in [0.4, 0.5) is 0 Å². The van der Waals surface area contributed by atoms with Crippen LogP contribution >= 0.6 is 23.5 Å². The second-order valence-electron chi connectivity index (χ2n) is 11.7. The molecule has 214 valence electrons. The molecule has 1 aliphatic carbocycles. The van der Waals surface area contributed by atoms with Crippen molar-refractivity contribution in [3.05, 3.63) is 24.3 Å². The first-order valence-electron chi connectivity index (χ1n) is 13.7. The number of carbonyl (C=O) groups is 4. The summed E-state index contributed by atoms with van der Waals surface area (Å²) < 4.78 is -0.335. The Morgan fingerprint density at radius 1 is 1.05 bits per heavy atom. The zero-order valence-corrected chi connectivity index (χ0v) is 24.5. The second-order valence-corrected chi connectivity index (χ2v) is 14.9. The van der Waals surface area contributed by atoms with Crippen LogP contribution in [-0.4, -0.2) is 83.9 Å². The molecule has 10 nitrogen and oxygen atoms in total. The molecule has 1 spiro atoms. The number of likely N-dealkylation sites (tertiary alicyclic amines) is 1. The summed E-state index contributed by atoms with van der Waals surface area (Å²) in [7, 11) is 0. The molecule has 39 heavy (non-hydrogen) atoms. The summed E-state index contributed by atoms with van der Waals surface area (Å²) in [5.74, 6) is -0.547. The number of nitrogens with one attached hydrogen (secondary N) is 2. The van der Waals surface area contributed by atoms with E-state index >= 15 is 0 Å². The maximum atomic E-state index is 14.0.